The fraction of sp³-hybridized carbons (Fsp3) is 0.381. The molecule has 1 aliphatic rings. The van der Waals surface area contributed by atoms with Crippen molar-refractivity contribution in [1.29, 1.82) is 0 Å². The SMILES string of the molecule is CCOc1ccc(CN2CCN(CC(=O)Nc3ccc(O)cc3)CC2)cc1. The summed E-state index contributed by atoms with van der Waals surface area (Å²) in [6.07, 6.45) is 0. The highest BCUT2D eigenvalue weighted by Gasteiger charge is 2.19. The van der Waals surface area contributed by atoms with E-state index in [9.17, 15) is 9.90 Å². The Morgan fingerprint density at radius 2 is 1.63 bits per heavy atom. The largest absolute Gasteiger partial charge is 0.508 e. The molecule has 0 aliphatic carbocycles. The number of nitrogens with one attached hydrogen (secondary N) is 1. The van der Waals surface area contributed by atoms with Crippen LogP contribution in [-0.4, -0.2) is 60.1 Å². The van der Waals surface area contributed by atoms with Crippen LogP contribution < -0.4 is 10.1 Å². The first-order valence-electron chi connectivity index (χ1n) is 9.37. The minimum atomic E-state index is -0.0272. The average molecular weight is 369 g/mol. The number of aromatic hydroxyl groups is 1. The third-order valence-corrected chi connectivity index (χ3v) is 4.62. The van der Waals surface area contributed by atoms with Gasteiger partial charge in [-0.05, 0) is 48.9 Å². The van der Waals surface area contributed by atoms with E-state index in [1.54, 1.807) is 24.3 Å². The lowest BCUT2D eigenvalue weighted by Crippen LogP contribution is -2.48. The number of hydrogen-bond acceptors (Lipinski definition) is 5. The third-order valence-electron chi connectivity index (χ3n) is 4.62. The molecule has 0 spiro atoms. The van der Waals surface area contributed by atoms with E-state index in [2.05, 4.69) is 27.2 Å². The maximum Gasteiger partial charge on any atom is 0.238 e. The summed E-state index contributed by atoms with van der Waals surface area (Å²) in [5.41, 5.74) is 1.98. The molecule has 0 saturated carbocycles. The van der Waals surface area contributed by atoms with Gasteiger partial charge in [-0.2, -0.15) is 0 Å². The molecule has 0 radical (unpaired) electrons. The van der Waals surface area contributed by atoms with E-state index in [0.717, 1.165) is 38.5 Å². The van der Waals surface area contributed by atoms with Crippen LogP contribution in [0.15, 0.2) is 48.5 Å². The van der Waals surface area contributed by atoms with E-state index < -0.39 is 0 Å². The first-order valence-corrected chi connectivity index (χ1v) is 9.37. The van der Waals surface area contributed by atoms with Crippen molar-refractivity contribution in [3.05, 3.63) is 54.1 Å². The zero-order chi connectivity index (χ0) is 19.1. The van der Waals surface area contributed by atoms with Crippen LogP contribution in [-0.2, 0) is 11.3 Å². The highest BCUT2D eigenvalue weighted by atomic mass is 16.5. The monoisotopic (exact) mass is 369 g/mol. The molecule has 144 valence electrons. The summed E-state index contributed by atoms with van der Waals surface area (Å²) in [5, 5.41) is 12.2. The Morgan fingerprint density at radius 1 is 1.00 bits per heavy atom. The number of nitrogens with zero attached hydrogens (tertiary/aromatic N) is 2. The van der Waals surface area contributed by atoms with Gasteiger partial charge < -0.3 is 15.2 Å². The fourth-order valence-corrected chi connectivity index (χ4v) is 3.17. The molecule has 6 heteroatoms. The maximum atomic E-state index is 12.2. The number of rotatable bonds is 7. The Morgan fingerprint density at radius 3 is 2.26 bits per heavy atom. The number of phenols is 1. The number of benzene rings is 2. The zero-order valence-electron chi connectivity index (χ0n) is 15.7. The molecule has 1 aliphatic heterocycles. The minimum Gasteiger partial charge on any atom is -0.508 e. The van der Waals surface area contributed by atoms with Gasteiger partial charge >= 0.3 is 0 Å². The lowest BCUT2D eigenvalue weighted by atomic mass is 10.2. The van der Waals surface area contributed by atoms with Crippen LogP contribution in [0.1, 0.15) is 12.5 Å². The van der Waals surface area contributed by atoms with Crippen molar-refractivity contribution in [2.45, 2.75) is 13.5 Å². The molecule has 3 rings (SSSR count). The van der Waals surface area contributed by atoms with Gasteiger partial charge in [-0.15, -0.1) is 0 Å². The highest BCUT2D eigenvalue weighted by molar-refractivity contribution is 5.92. The van der Waals surface area contributed by atoms with Gasteiger partial charge in [0, 0.05) is 38.4 Å². The smallest absolute Gasteiger partial charge is 0.238 e. The van der Waals surface area contributed by atoms with Crippen molar-refractivity contribution in [2.75, 3.05) is 44.6 Å². The summed E-state index contributed by atoms with van der Waals surface area (Å²) in [7, 11) is 0. The highest BCUT2D eigenvalue weighted by Crippen LogP contribution is 2.15. The van der Waals surface area contributed by atoms with Crippen LogP contribution >= 0.6 is 0 Å². The van der Waals surface area contributed by atoms with Crippen molar-refractivity contribution in [2.24, 2.45) is 0 Å². The molecule has 0 bridgehead atoms. The number of carbonyl (C=O) groups excluding carboxylic acids is 1. The Bertz CT molecular complexity index is 723. The summed E-state index contributed by atoms with van der Waals surface area (Å²) in [4.78, 5) is 16.8. The number of anilines is 1. The molecule has 1 heterocycles. The summed E-state index contributed by atoms with van der Waals surface area (Å²) >= 11 is 0. The van der Waals surface area contributed by atoms with Crippen LogP contribution in [0.4, 0.5) is 5.69 Å². The molecule has 1 fully saturated rings. The molecule has 1 saturated heterocycles. The van der Waals surface area contributed by atoms with Gasteiger partial charge in [0.15, 0.2) is 0 Å². The van der Waals surface area contributed by atoms with E-state index in [-0.39, 0.29) is 11.7 Å². The summed E-state index contributed by atoms with van der Waals surface area (Å²) < 4.78 is 5.48. The average Bonchev–Trinajstić information content (AvgIpc) is 2.67. The first-order chi connectivity index (χ1) is 13.1. The van der Waals surface area contributed by atoms with Gasteiger partial charge in [-0.1, -0.05) is 12.1 Å². The van der Waals surface area contributed by atoms with Gasteiger partial charge in [-0.25, -0.2) is 0 Å². The molecule has 27 heavy (non-hydrogen) atoms. The molecule has 2 N–H and O–H groups in total. The molecule has 1 amide bonds. The van der Waals surface area contributed by atoms with Crippen molar-refractivity contribution in [3.63, 3.8) is 0 Å². The molecular formula is C21H27N3O3. The summed E-state index contributed by atoms with van der Waals surface area (Å²) in [5.74, 6) is 1.07. The van der Waals surface area contributed by atoms with E-state index in [1.807, 2.05) is 19.1 Å². The van der Waals surface area contributed by atoms with E-state index >= 15 is 0 Å². The molecule has 2 aromatic rings. The number of phenolic OH excluding ortho intramolecular Hbond substituents is 1. The molecule has 2 aromatic carbocycles. The quantitative estimate of drug-likeness (QED) is 0.735. The Kier molecular flexibility index (Phi) is 6.68. The number of carbonyl (C=O) groups is 1. The first kappa shape index (κ1) is 19.2. The van der Waals surface area contributed by atoms with Crippen molar-refractivity contribution in [1.82, 2.24) is 9.80 Å². The Hall–Kier alpha value is -2.57. The predicted octanol–water partition coefficient (Wildman–Crippen LogP) is 2.55. The topological polar surface area (TPSA) is 65.0 Å². The van der Waals surface area contributed by atoms with Crippen molar-refractivity contribution < 1.29 is 14.6 Å². The van der Waals surface area contributed by atoms with Crippen LogP contribution in [0, 0.1) is 0 Å². The van der Waals surface area contributed by atoms with Crippen molar-refractivity contribution in [3.8, 4) is 11.5 Å². The third kappa shape index (κ3) is 5.98. The van der Waals surface area contributed by atoms with Gasteiger partial charge in [0.05, 0.1) is 13.2 Å². The number of hydrogen-bond donors (Lipinski definition) is 2. The number of ether oxygens (including phenoxy) is 1. The van der Waals surface area contributed by atoms with Crippen LogP contribution in [0.25, 0.3) is 0 Å². The Balaban J connectivity index is 1.40. The van der Waals surface area contributed by atoms with Gasteiger partial charge in [-0.3, -0.25) is 14.6 Å². The maximum absolute atomic E-state index is 12.2. The van der Waals surface area contributed by atoms with Gasteiger partial charge in [0.25, 0.3) is 0 Å². The lowest BCUT2D eigenvalue weighted by molar-refractivity contribution is -0.117. The number of amides is 1. The van der Waals surface area contributed by atoms with Gasteiger partial charge in [0.1, 0.15) is 11.5 Å². The van der Waals surface area contributed by atoms with E-state index in [0.29, 0.717) is 18.8 Å². The fourth-order valence-electron chi connectivity index (χ4n) is 3.17. The van der Waals surface area contributed by atoms with E-state index in [4.69, 9.17) is 4.74 Å². The molecular weight excluding hydrogens is 342 g/mol. The second-order valence-electron chi connectivity index (χ2n) is 6.72. The summed E-state index contributed by atoms with van der Waals surface area (Å²) in [6.45, 7) is 7.61. The normalized spacial score (nSPS) is 15.4. The van der Waals surface area contributed by atoms with Crippen LogP contribution in [0.3, 0.4) is 0 Å². The van der Waals surface area contributed by atoms with Crippen molar-refractivity contribution >= 4 is 11.6 Å². The minimum absolute atomic E-state index is 0.0272. The van der Waals surface area contributed by atoms with E-state index in [1.165, 1.54) is 5.56 Å². The number of piperazine rings is 1. The standard InChI is InChI=1S/C21H27N3O3/c1-2-27-20-9-3-17(4-10-20)15-23-11-13-24(14-12-23)16-21(26)22-18-5-7-19(25)8-6-18/h3-10,25H,2,11-16H2,1H3,(H,22,26). The molecule has 6 nitrogen and oxygen atoms in total. The molecule has 0 unspecified atom stereocenters. The molecule has 0 atom stereocenters. The second-order valence-corrected chi connectivity index (χ2v) is 6.72. The van der Waals surface area contributed by atoms with Gasteiger partial charge in [0.2, 0.25) is 5.91 Å². The predicted molar refractivity (Wildman–Crippen MR) is 106 cm³/mol. The molecule has 0 aromatic heterocycles. The zero-order valence-corrected chi connectivity index (χ0v) is 15.7. The summed E-state index contributed by atoms with van der Waals surface area (Å²) in [6, 6.07) is 14.8. The second kappa shape index (κ2) is 9.39. The van der Waals surface area contributed by atoms with Crippen LogP contribution in [0.2, 0.25) is 0 Å². The van der Waals surface area contributed by atoms with Crippen LogP contribution in [0.5, 0.6) is 11.5 Å². The lowest BCUT2D eigenvalue weighted by Gasteiger charge is -2.34. The Labute approximate surface area is 160 Å².